The molecule has 1 rings (SSSR count). The summed E-state index contributed by atoms with van der Waals surface area (Å²) in [5.41, 5.74) is 0. The lowest BCUT2D eigenvalue weighted by Gasteiger charge is -1.97. The van der Waals surface area contributed by atoms with Crippen molar-refractivity contribution in [1.82, 2.24) is 4.57 Å². The molecular weight excluding hydrogens is 251 g/mol. The zero-order chi connectivity index (χ0) is 7.56. The lowest BCUT2D eigenvalue weighted by atomic mass is 10.2. The largest absolute Gasteiger partial charge is 1.00 e. The molecule has 64 valence electrons. The number of nitrogens with zero attached hydrogens (tertiary/aromatic N) is 2. The van der Waals surface area contributed by atoms with E-state index in [1.54, 1.807) is 0 Å². The minimum atomic E-state index is 0. The first-order valence-electron chi connectivity index (χ1n) is 3.69. The van der Waals surface area contributed by atoms with Crippen LogP contribution in [0.2, 0.25) is 0 Å². The van der Waals surface area contributed by atoms with E-state index in [1.165, 1.54) is 0 Å². The van der Waals surface area contributed by atoms with Gasteiger partial charge in [0.25, 0.3) is 0 Å². The van der Waals surface area contributed by atoms with E-state index in [1.807, 2.05) is 7.05 Å². The zero-order valence-electron chi connectivity index (χ0n) is 7.29. The van der Waals surface area contributed by atoms with Crippen LogP contribution < -0.4 is 28.5 Å². The van der Waals surface area contributed by atoms with Gasteiger partial charge in [0.15, 0.2) is 0 Å². The van der Waals surface area contributed by atoms with Crippen LogP contribution in [0.1, 0.15) is 13.8 Å². The Morgan fingerprint density at radius 3 is 2.45 bits per heavy atom. The molecule has 1 aromatic heterocycles. The Hall–Kier alpha value is -0.0600. The summed E-state index contributed by atoms with van der Waals surface area (Å²) in [6.07, 6.45) is 6.25. The first-order chi connectivity index (χ1) is 4.68. The minimum Gasteiger partial charge on any atom is -1.00 e. The molecule has 2 nitrogen and oxygen atoms in total. The Kier molecular flexibility index (Phi) is 4.72. The summed E-state index contributed by atoms with van der Waals surface area (Å²) in [7, 11) is 2.04. The van der Waals surface area contributed by atoms with Crippen molar-refractivity contribution in [3.8, 4) is 0 Å². The van der Waals surface area contributed by atoms with Crippen molar-refractivity contribution in [2.24, 2.45) is 13.0 Å². The van der Waals surface area contributed by atoms with Gasteiger partial charge in [-0.15, -0.1) is 0 Å². The van der Waals surface area contributed by atoms with Crippen LogP contribution in [0.25, 0.3) is 0 Å². The molecule has 0 atom stereocenters. The molecule has 0 unspecified atom stereocenters. The third-order valence-corrected chi connectivity index (χ3v) is 1.40. The molecule has 0 amide bonds. The predicted octanol–water partition coefficient (Wildman–Crippen LogP) is -2.03. The Labute approximate surface area is 85.2 Å². The lowest BCUT2D eigenvalue weighted by molar-refractivity contribution is -0.701. The monoisotopic (exact) mass is 266 g/mol. The van der Waals surface area contributed by atoms with Crippen molar-refractivity contribution >= 4 is 0 Å². The summed E-state index contributed by atoms with van der Waals surface area (Å²) < 4.78 is 4.26. The maximum atomic E-state index is 2.22. The first kappa shape index (κ1) is 10.9. The third kappa shape index (κ3) is 3.74. The van der Waals surface area contributed by atoms with Gasteiger partial charge in [0.2, 0.25) is 6.33 Å². The van der Waals surface area contributed by atoms with Crippen molar-refractivity contribution in [3.05, 3.63) is 18.7 Å². The first-order valence-corrected chi connectivity index (χ1v) is 3.69. The molecule has 0 saturated heterocycles. The van der Waals surface area contributed by atoms with Crippen LogP contribution >= 0.6 is 0 Å². The lowest BCUT2D eigenvalue weighted by Crippen LogP contribution is -3.00. The second kappa shape index (κ2) is 4.74. The zero-order valence-corrected chi connectivity index (χ0v) is 9.45. The topological polar surface area (TPSA) is 8.81 Å². The number of rotatable bonds is 2. The molecule has 0 aromatic carbocycles. The van der Waals surface area contributed by atoms with Crippen molar-refractivity contribution in [1.29, 1.82) is 0 Å². The molecule has 0 aliphatic carbocycles. The quantitative estimate of drug-likeness (QED) is 0.431. The number of hydrogen-bond donors (Lipinski definition) is 0. The van der Waals surface area contributed by atoms with Crippen molar-refractivity contribution < 1.29 is 28.5 Å². The number of imidazole rings is 1. The molecule has 11 heavy (non-hydrogen) atoms. The van der Waals surface area contributed by atoms with Crippen molar-refractivity contribution in [2.75, 3.05) is 0 Å². The summed E-state index contributed by atoms with van der Waals surface area (Å²) in [5, 5.41) is 0. The van der Waals surface area contributed by atoms with Crippen molar-refractivity contribution in [3.63, 3.8) is 0 Å². The molecule has 0 bridgehead atoms. The highest BCUT2D eigenvalue weighted by molar-refractivity contribution is 4.62. The summed E-state index contributed by atoms with van der Waals surface area (Å²) in [6, 6.07) is 0. The van der Waals surface area contributed by atoms with E-state index >= 15 is 0 Å². The van der Waals surface area contributed by atoms with E-state index in [4.69, 9.17) is 0 Å². The Bertz CT molecular complexity index is 206. The van der Waals surface area contributed by atoms with Gasteiger partial charge in [0.1, 0.15) is 12.4 Å². The highest BCUT2D eigenvalue weighted by Crippen LogP contribution is 1.89. The number of aryl methyl sites for hydroxylation is 1. The van der Waals surface area contributed by atoms with Crippen LogP contribution in [-0.4, -0.2) is 4.57 Å². The molecule has 0 aliphatic heterocycles. The van der Waals surface area contributed by atoms with Gasteiger partial charge in [0.05, 0.1) is 13.6 Å². The van der Waals surface area contributed by atoms with Crippen LogP contribution in [0.4, 0.5) is 0 Å². The summed E-state index contributed by atoms with van der Waals surface area (Å²) in [6.45, 7) is 5.56. The Morgan fingerprint density at radius 1 is 1.45 bits per heavy atom. The van der Waals surface area contributed by atoms with E-state index in [-0.39, 0.29) is 24.0 Å². The normalized spacial score (nSPS) is 9.82. The van der Waals surface area contributed by atoms with Crippen LogP contribution in [0, 0.1) is 5.92 Å². The molecule has 0 fully saturated rings. The maximum absolute atomic E-state index is 2.22. The maximum Gasteiger partial charge on any atom is 0.243 e. The van der Waals surface area contributed by atoms with Gasteiger partial charge in [-0.2, -0.15) is 0 Å². The summed E-state index contributed by atoms with van der Waals surface area (Å²) >= 11 is 0. The average molecular weight is 266 g/mol. The van der Waals surface area contributed by atoms with Gasteiger partial charge in [0, 0.05) is 0 Å². The molecule has 1 aromatic rings. The second-order valence-corrected chi connectivity index (χ2v) is 3.17. The van der Waals surface area contributed by atoms with E-state index < -0.39 is 0 Å². The Balaban J connectivity index is 0.000001000. The van der Waals surface area contributed by atoms with E-state index in [0.717, 1.165) is 12.5 Å². The van der Waals surface area contributed by atoms with Crippen LogP contribution in [-0.2, 0) is 13.6 Å². The molecule has 0 N–H and O–H groups in total. The predicted molar refractivity (Wildman–Crippen MR) is 40.4 cm³/mol. The average Bonchev–Trinajstić information content (AvgIpc) is 2.13. The van der Waals surface area contributed by atoms with Crippen LogP contribution in [0.3, 0.4) is 0 Å². The third-order valence-electron chi connectivity index (χ3n) is 1.40. The highest BCUT2D eigenvalue weighted by atomic mass is 127. The summed E-state index contributed by atoms with van der Waals surface area (Å²) in [4.78, 5) is 0. The molecule has 0 aliphatic rings. The van der Waals surface area contributed by atoms with E-state index in [0.29, 0.717) is 0 Å². The fourth-order valence-electron chi connectivity index (χ4n) is 1.03. The molecule has 0 saturated carbocycles. The fraction of sp³-hybridized carbons (Fsp3) is 0.625. The van der Waals surface area contributed by atoms with Gasteiger partial charge < -0.3 is 24.0 Å². The Morgan fingerprint density at radius 2 is 2.09 bits per heavy atom. The van der Waals surface area contributed by atoms with E-state index in [2.05, 4.69) is 41.7 Å². The minimum absolute atomic E-state index is 0. The van der Waals surface area contributed by atoms with Crippen LogP contribution in [0.15, 0.2) is 18.7 Å². The van der Waals surface area contributed by atoms with Crippen molar-refractivity contribution in [2.45, 2.75) is 20.4 Å². The van der Waals surface area contributed by atoms with Gasteiger partial charge in [-0.25, -0.2) is 9.13 Å². The van der Waals surface area contributed by atoms with Gasteiger partial charge in [-0.1, -0.05) is 13.8 Å². The fourth-order valence-corrected chi connectivity index (χ4v) is 1.03. The second-order valence-electron chi connectivity index (χ2n) is 3.17. The molecular formula is C8H15IN2. The van der Waals surface area contributed by atoms with Gasteiger partial charge in [-0.05, 0) is 5.92 Å². The molecule has 1 heterocycles. The smallest absolute Gasteiger partial charge is 0.243 e. The number of hydrogen-bond acceptors (Lipinski definition) is 0. The highest BCUT2D eigenvalue weighted by Gasteiger charge is 2.01. The SMILES string of the molecule is CC(C)C[n+]1ccn(C)c1.[I-]. The summed E-state index contributed by atoms with van der Waals surface area (Å²) in [5.74, 6) is 0.729. The molecule has 0 radical (unpaired) electrons. The molecule has 0 spiro atoms. The number of halogens is 1. The molecule has 3 heteroatoms. The van der Waals surface area contributed by atoms with Gasteiger partial charge >= 0.3 is 0 Å². The van der Waals surface area contributed by atoms with Crippen LogP contribution in [0.5, 0.6) is 0 Å². The van der Waals surface area contributed by atoms with E-state index in [9.17, 15) is 0 Å². The number of aromatic nitrogens is 2. The van der Waals surface area contributed by atoms with Gasteiger partial charge in [-0.3, -0.25) is 0 Å². The standard InChI is InChI=1S/C8H15N2.HI/c1-8(2)6-10-5-4-9(3)7-10;/h4-5,7-8H,6H2,1-3H3;1H/q+1;/p-1.